The van der Waals surface area contributed by atoms with E-state index in [4.69, 9.17) is 0 Å². The van der Waals surface area contributed by atoms with Gasteiger partial charge in [0.15, 0.2) is 0 Å². The second kappa shape index (κ2) is 6.09. The number of nitrogens with one attached hydrogen (secondary N) is 1. The van der Waals surface area contributed by atoms with Crippen LogP contribution in [0.1, 0.15) is 37.8 Å². The molecule has 1 aliphatic rings. The van der Waals surface area contributed by atoms with Gasteiger partial charge in [0.1, 0.15) is 0 Å². The summed E-state index contributed by atoms with van der Waals surface area (Å²) in [5, 5.41) is 3.32. The van der Waals surface area contributed by atoms with Crippen LogP contribution in [0, 0.1) is 0 Å². The van der Waals surface area contributed by atoms with E-state index >= 15 is 0 Å². The van der Waals surface area contributed by atoms with Crippen LogP contribution in [0.5, 0.6) is 0 Å². The predicted octanol–water partition coefficient (Wildman–Crippen LogP) is 2.84. The van der Waals surface area contributed by atoms with E-state index in [9.17, 15) is 4.79 Å². The molecule has 0 aromatic heterocycles. The average Bonchev–Trinajstić information content (AvgIpc) is 2.43. The monoisotopic (exact) mass is 260 g/mol. The largest absolute Gasteiger partial charge is 0.376 e. The molecule has 1 aromatic carbocycles. The van der Waals surface area contributed by atoms with Gasteiger partial charge in [0, 0.05) is 18.8 Å². The van der Waals surface area contributed by atoms with Crippen molar-refractivity contribution in [3.05, 3.63) is 29.3 Å². The Hall–Kier alpha value is -1.51. The zero-order chi connectivity index (χ0) is 13.8. The van der Waals surface area contributed by atoms with E-state index in [0.29, 0.717) is 6.54 Å². The lowest BCUT2D eigenvalue weighted by Crippen LogP contribution is -2.37. The van der Waals surface area contributed by atoms with E-state index in [1.807, 2.05) is 20.9 Å². The van der Waals surface area contributed by atoms with Crippen LogP contribution in [-0.4, -0.2) is 30.4 Å². The molecule has 104 valence electrons. The van der Waals surface area contributed by atoms with Gasteiger partial charge in [-0.05, 0) is 56.7 Å². The summed E-state index contributed by atoms with van der Waals surface area (Å²) in [6.07, 6.45) is 4.84. The third-order valence-corrected chi connectivity index (χ3v) is 3.99. The van der Waals surface area contributed by atoms with Gasteiger partial charge >= 0.3 is 0 Å². The van der Waals surface area contributed by atoms with Gasteiger partial charge in [0.25, 0.3) is 0 Å². The van der Waals surface area contributed by atoms with E-state index in [0.717, 1.165) is 12.1 Å². The zero-order valence-corrected chi connectivity index (χ0v) is 12.2. The van der Waals surface area contributed by atoms with Crippen LogP contribution in [0.2, 0.25) is 0 Å². The van der Waals surface area contributed by atoms with Crippen molar-refractivity contribution in [3.8, 4) is 0 Å². The van der Waals surface area contributed by atoms with Gasteiger partial charge in [-0.3, -0.25) is 4.79 Å². The molecule has 0 radical (unpaired) electrons. The second-order valence-corrected chi connectivity index (χ2v) is 5.60. The minimum Gasteiger partial charge on any atom is -0.376 e. The van der Waals surface area contributed by atoms with Crippen molar-refractivity contribution < 1.29 is 4.79 Å². The van der Waals surface area contributed by atoms with Crippen LogP contribution in [-0.2, 0) is 17.6 Å². The van der Waals surface area contributed by atoms with Gasteiger partial charge < -0.3 is 10.2 Å². The Morgan fingerprint density at radius 1 is 1.32 bits per heavy atom. The Morgan fingerprint density at radius 2 is 2.05 bits per heavy atom. The number of hydrogen-bond acceptors (Lipinski definition) is 2. The molecule has 0 spiro atoms. The van der Waals surface area contributed by atoms with Crippen LogP contribution in [0.4, 0.5) is 5.69 Å². The van der Waals surface area contributed by atoms with E-state index in [1.54, 1.807) is 4.90 Å². The molecule has 19 heavy (non-hydrogen) atoms. The number of amides is 1. The summed E-state index contributed by atoms with van der Waals surface area (Å²) in [7, 11) is 1.86. The third-order valence-electron chi connectivity index (χ3n) is 3.99. The fraction of sp³-hybridized carbons (Fsp3) is 0.562. The van der Waals surface area contributed by atoms with Gasteiger partial charge in [-0.1, -0.05) is 12.1 Å². The summed E-state index contributed by atoms with van der Waals surface area (Å²) in [5.41, 5.74) is 4.00. The van der Waals surface area contributed by atoms with E-state index < -0.39 is 0 Å². The van der Waals surface area contributed by atoms with Gasteiger partial charge in [-0.25, -0.2) is 0 Å². The number of carbonyl (C=O) groups is 1. The van der Waals surface area contributed by atoms with Crippen molar-refractivity contribution >= 4 is 11.6 Å². The fourth-order valence-electron chi connectivity index (χ4n) is 2.53. The Labute approximate surface area is 116 Å². The summed E-state index contributed by atoms with van der Waals surface area (Å²) < 4.78 is 0. The Balaban J connectivity index is 2.02. The summed E-state index contributed by atoms with van der Waals surface area (Å²) in [4.78, 5) is 13.8. The number of anilines is 1. The van der Waals surface area contributed by atoms with Crippen LogP contribution < -0.4 is 5.32 Å². The van der Waals surface area contributed by atoms with Crippen LogP contribution in [0.25, 0.3) is 0 Å². The highest BCUT2D eigenvalue weighted by Gasteiger charge is 2.15. The van der Waals surface area contributed by atoms with Crippen LogP contribution in [0.3, 0.4) is 0 Å². The van der Waals surface area contributed by atoms with Crippen molar-refractivity contribution in [3.63, 3.8) is 0 Å². The third kappa shape index (κ3) is 3.28. The van der Waals surface area contributed by atoms with Crippen LogP contribution in [0.15, 0.2) is 18.2 Å². The number of nitrogens with zero attached hydrogens (tertiary/aromatic N) is 1. The lowest BCUT2D eigenvalue weighted by molar-refractivity contribution is -0.129. The Morgan fingerprint density at radius 3 is 2.79 bits per heavy atom. The molecule has 0 aliphatic heterocycles. The summed E-state index contributed by atoms with van der Waals surface area (Å²) >= 11 is 0. The summed E-state index contributed by atoms with van der Waals surface area (Å²) in [5.74, 6) is 0.142. The van der Waals surface area contributed by atoms with Crippen LogP contribution >= 0.6 is 0 Å². The maximum absolute atomic E-state index is 12.0. The predicted molar refractivity (Wildman–Crippen MR) is 79.5 cm³/mol. The molecule has 0 unspecified atom stereocenters. The molecule has 1 aromatic rings. The highest BCUT2D eigenvalue weighted by atomic mass is 16.2. The number of hydrogen-bond donors (Lipinski definition) is 1. The van der Waals surface area contributed by atoms with Gasteiger partial charge in [-0.2, -0.15) is 0 Å². The van der Waals surface area contributed by atoms with Crippen molar-refractivity contribution in [1.29, 1.82) is 0 Å². The molecular formula is C16H24N2O. The number of benzene rings is 1. The Kier molecular flexibility index (Phi) is 4.46. The molecule has 0 heterocycles. The van der Waals surface area contributed by atoms with Crippen molar-refractivity contribution in [2.75, 3.05) is 18.9 Å². The molecule has 0 atom stereocenters. The number of carbonyl (C=O) groups excluding carboxylic acids is 1. The molecular weight excluding hydrogens is 236 g/mol. The number of fused-ring (bicyclic) bond motifs is 1. The maximum Gasteiger partial charge on any atom is 0.241 e. The van der Waals surface area contributed by atoms with Gasteiger partial charge in [0.05, 0.1) is 6.54 Å². The molecule has 1 N–H and O–H groups in total. The molecule has 2 rings (SSSR count). The first-order chi connectivity index (χ1) is 9.09. The maximum atomic E-state index is 12.0. The molecule has 0 bridgehead atoms. The standard InChI is InChI=1S/C16H24N2O/c1-12(2)18(3)16(19)11-17-15-10-6-8-13-7-4-5-9-14(13)15/h6,8,10,12,17H,4-5,7,9,11H2,1-3H3. The SMILES string of the molecule is CC(C)N(C)C(=O)CNc1cccc2c1CCCC2. The summed E-state index contributed by atoms with van der Waals surface area (Å²) in [6, 6.07) is 6.64. The quantitative estimate of drug-likeness (QED) is 0.903. The molecule has 1 amide bonds. The lowest BCUT2D eigenvalue weighted by Gasteiger charge is -2.23. The highest BCUT2D eigenvalue weighted by Crippen LogP contribution is 2.27. The van der Waals surface area contributed by atoms with Crippen molar-refractivity contribution in [2.45, 2.75) is 45.6 Å². The minimum absolute atomic E-state index is 0.142. The Bertz CT molecular complexity index is 454. The zero-order valence-electron chi connectivity index (χ0n) is 12.2. The molecule has 0 saturated carbocycles. The topological polar surface area (TPSA) is 32.3 Å². The first-order valence-corrected chi connectivity index (χ1v) is 7.20. The first kappa shape index (κ1) is 13.9. The number of likely N-dealkylation sites (N-methyl/N-ethyl adjacent to an activating group) is 1. The fourth-order valence-corrected chi connectivity index (χ4v) is 2.53. The summed E-state index contributed by atoms with van der Waals surface area (Å²) in [6.45, 7) is 4.44. The van der Waals surface area contributed by atoms with E-state index in [2.05, 4.69) is 23.5 Å². The molecule has 0 saturated heterocycles. The molecule has 1 aliphatic carbocycles. The van der Waals surface area contributed by atoms with Gasteiger partial charge in [0.2, 0.25) is 5.91 Å². The minimum atomic E-state index is 0.142. The molecule has 3 nitrogen and oxygen atoms in total. The molecule has 0 fully saturated rings. The number of aryl methyl sites for hydroxylation is 1. The second-order valence-electron chi connectivity index (χ2n) is 5.60. The lowest BCUT2D eigenvalue weighted by atomic mass is 9.90. The first-order valence-electron chi connectivity index (χ1n) is 7.20. The molecule has 3 heteroatoms. The van der Waals surface area contributed by atoms with Crippen molar-refractivity contribution in [2.24, 2.45) is 0 Å². The van der Waals surface area contributed by atoms with E-state index in [-0.39, 0.29) is 11.9 Å². The highest BCUT2D eigenvalue weighted by molar-refractivity contribution is 5.81. The average molecular weight is 260 g/mol. The van der Waals surface area contributed by atoms with Crippen molar-refractivity contribution in [1.82, 2.24) is 4.90 Å². The normalized spacial score (nSPS) is 14.1. The smallest absolute Gasteiger partial charge is 0.241 e. The van der Waals surface area contributed by atoms with E-state index in [1.165, 1.54) is 30.4 Å². The number of rotatable bonds is 4. The van der Waals surface area contributed by atoms with Gasteiger partial charge in [-0.15, -0.1) is 0 Å².